The molecule has 2 aromatic carbocycles. The van der Waals surface area contributed by atoms with Crippen LogP contribution >= 0.6 is 11.6 Å². The maximum atomic E-state index is 12.9. The molecule has 1 heterocycles. The van der Waals surface area contributed by atoms with Gasteiger partial charge in [0, 0.05) is 29.6 Å². The van der Waals surface area contributed by atoms with Gasteiger partial charge in [-0.1, -0.05) is 36.7 Å². The second-order valence-electron chi connectivity index (χ2n) is 7.19. The second kappa shape index (κ2) is 9.53. The lowest BCUT2D eigenvalue weighted by Gasteiger charge is -2.30. The van der Waals surface area contributed by atoms with E-state index in [0.717, 1.165) is 27.6 Å². The Labute approximate surface area is 187 Å². The first-order valence-corrected chi connectivity index (χ1v) is 12.0. The second-order valence-corrected chi connectivity index (χ2v) is 9.49. The molecule has 0 aliphatic heterocycles. The Kier molecular flexibility index (Phi) is 7.02. The van der Waals surface area contributed by atoms with Crippen LogP contribution in [0.15, 0.2) is 60.9 Å². The average Bonchev–Trinajstić information content (AvgIpc) is 3.15. The highest BCUT2D eigenvalue weighted by molar-refractivity contribution is 7.92. The van der Waals surface area contributed by atoms with Crippen LogP contribution in [-0.2, 0) is 21.4 Å². The summed E-state index contributed by atoms with van der Waals surface area (Å²) in [6.07, 6.45) is 5.01. The summed E-state index contributed by atoms with van der Waals surface area (Å²) in [5, 5.41) is 3.25. The predicted molar refractivity (Wildman–Crippen MR) is 123 cm³/mol. The molecule has 31 heavy (non-hydrogen) atoms. The van der Waals surface area contributed by atoms with Crippen molar-refractivity contribution < 1.29 is 13.2 Å². The van der Waals surface area contributed by atoms with E-state index >= 15 is 0 Å². The van der Waals surface area contributed by atoms with Crippen LogP contribution in [0.4, 0.5) is 5.69 Å². The molecule has 0 spiro atoms. The van der Waals surface area contributed by atoms with E-state index in [9.17, 15) is 13.2 Å². The number of aromatic nitrogens is 2. The minimum Gasteiger partial charge on any atom is -0.350 e. The Morgan fingerprint density at radius 1 is 1.23 bits per heavy atom. The average molecular weight is 461 g/mol. The van der Waals surface area contributed by atoms with Crippen LogP contribution in [0, 0.1) is 6.92 Å². The molecule has 0 fully saturated rings. The fourth-order valence-electron chi connectivity index (χ4n) is 3.41. The van der Waals surface area contributed by atoms with Gasteiger partial charge in [0.05, 0.1) is 11.9 Å². The van der Waals surface area contributed by atoms with Crippen LogP contribution < -0.4 is 9.62 Å². The van der Waals surface area contributed by atoms with Gasteiger partial charge in [0.2, 0.25) is 15.9 Å². The first kappa shape index (κ1) is 22.8. The minimum absolute atomic E-state index is 0.283. The number of rotatable bonds is 8. The summed E-state index contributed by atoms with van der Waals surface area (Å²) >= 11 is 6.04. The fourth-order valence-corrected chi connectivity index (χ4v) is 4.79. The lowest BCUT2D eigenvalue weighted by molar-refractivity contribution is -0.122. The van der Waals surface area contributed by atoms with Gasteiger partial charge in [-0.25, -0.2) is 13.4 Å². The van der Waals surface area contributed by atoms with Crippen molar-refractivity contribution in [3.63, 3.8) is 0 Å². The van der Waals surface area contributed by atoms with E-state index in [1.54, 1.807) is 31.3 Å². The molecule has 1 N–H and O–H groups in total. The molecule has 9 heteroatoms. The topological polar surface area (TPSA) is 84.3 Å². The number of nitrogens with one attached hydrogen (secondary N) is 1. The number of benzene rings is 2. The van der Waals surface area contributed by atoms with E-state index in [-0.39, 0.29) is 12.5 Å². The summed E-state index contributed by atoms with van der Waals surface area (Å²) in [4.78, 5) is 17.1. The summed E-state index contributed by atoms with van der Waals surface area (Å²) in [6, 6.07) is 13.3. The maximum absolute atomic E-state index is 12.9. The van der Waals surface area contributed by atoms with Crippen molar-refractivity contribution in [3.05, 3.63) is 77.3 Å². The molecule has 7 nitrogen and oxygen atoms in total. The summed E-state index contributed by atoms with van der Waals surface area (Å²) in [5.74, 6) is 0.510. The quantitative estimate of drug-likeness (QED) is 0.555. The number of anilines is 1. The highest BCUT2D eigenvalue weighted by atomic mass is 35.5. The van der Waals surface area contributed by atoms with Crippen molar-refractivity contribution in [1.29, 1.82) is 0 Å². The lowest BCUT2D eigenvalue weighted by atomic mass is 10.1. The van der Waals surface area contributed by atoms with Crippen molar-refractivity contribution >= 4 is 33.2 Å². The molecule has 3 aromatic rings. The van der Waals surface area contributed by atoms with Gasteiger partial charge >= 0.3 is 0 Å². The fraction of sp³-hybridized carbons (Fsp3) is 0.273. The number of imidazole rings is 1. The maximum Gasteiger partial charge on any atom is 0.244 e. The van der Waals surface area contributed by atoms with Crippen LogP contribution in [0.2, 0.25) is 5.02 Å². The summed E-state index contributed by atoms with van der Waals surface area (Å²) < 4.78 is 28.1. The van der Waals surface area contributed by atoms with E-state index < -0.39 is 16.1 Å². The highest BCUT2D eigenvalue weighted by Crippen LogP contribution is 2.25. The van der Waals surface area contributed by atoms with Gasteiger partial charge in [-0.2, -0.15) is 0 Å². The third-order valence-electron chi connectivity index (χ3n) is 4.90. The largest absolute Gasteiger partial charge is 0.350 e. The van der Waals surface area contributed by atoms with Crippen LogP contribution in [0.3, 0.4) is 0 Å². The van der Waals surface area contributed by atoms with E-state index in [4.69, 9.17) is 11.6 Å². The van der Waals surface area contributed by atoms with Crippen molar-refractivity contribution in [3.8, 4) is 5.69 Å². The van der Waals surface area contributed by atoms with Crippen LogP contribution in [0.1, 0.15) is 24.7 Å². The van der Waals surface area contributed by atoms with Crippen molar-refractivity contribution in [2.45, 2.75) is 32.9 Å². The molecule has 3 rings (SSSR count). The molecule has 0 saturated heterocycles. The smallest absolute Gasteiger partial charge is 0.244 e. The zero-order chi connectivity index (χ0) is 22.6. The Hall–Kier alpha value is -2.84. The zero-order valence-corrected chi connectivity index (χ0v) is 19.2. The Bertz CT molecular complexity index is 1160. The molecule has 0 aliphatic rings. The van der Waals surface area contributed by atoms with Crippen molar-refractivity contribution in [1.82, 2.24) is 14.9 Å². The molecule has 1 aromatic heterocycles. The highest BCUT2D eigenvalue weighted by Gasteiger charge is 2.31. The van der Waals surface area contributed by atoms with Gasteiger partial charge in [0.15, 0.2) is 0 Å². The summed E-state index contributed by atoms with van der Waals surface area (Å²) in [5.41, 5.74) is 2.23. The third kappa shape index (κ3) is 5.45. The number of halogens is 1. The molecule has 164 valence electrons. The normalized spacial score (nSPS) is 12.4. The minimum atomic E-state index is -3.70. The van der Waals surface area contributed by atoms with E-state index in [1.165, 1.54) is 6.07 Å². The van der Waals surface area contributed by atoms with Gasteiger partial charge in [-0.15, -0.1) is 0 Å². The Balaban J connectivity index is 1.75. The molecule has 1 atom stereocenters. The molecular weight excluding hydrogens is 436 g/mol. The molecule has 0 saturated carbocycles. The van der Waals surface area contributed by atoms with Gasteiger partial charge in [-0.3, -0.25) is 9.10 Å². The van der Waals surface area contributed by atoms with Gasteiger partial charge in [0.25, 0.3) is 0 Å². The summed E-state index contributed by atoms with van der Waals surface area (Å²) in [7, 11) is -3.70. The number of carbonyl (C=O) groups excluding carboxylic acids is 1. The van der Waals surface area contributed by atoms with Gasteiger partial charge < -0.3 is 9.88 Å². The van der Waals surface area contributed by atoms with Gasteiger partial charge in [0.1, 0.15) is 11.9 Å². The first-order chi connectivity index (χ1) is 14.7. The standard InChI is InChI=1S/C22H25ClN4O3S/c1-4-21(27(31(3,29)30)20-7-5-6-18(23)14-20)22(28)25-15-17-8-10-19(11-9-17)26-13-12-24-16(26)2/h5-14,21H,4,15H2,1-3H3,(H,25,28)/t21-/m0/s1. The molecule has 0 unspecified atom stereocenters. The molecular formula is C22H25ClN4O3S. The predicted octanol–water partition coefficient (Wildman–Crippen LogP) is 3.70. The Morgan fingerprint density at radius 3 is 2.48 bits per heavy atom. The monoisotopic (exact) mass is 460 g/mol. The number of carbonyl (C=O) groups is 1. The van der Waals surface area contributed by atoms with E-state index in [2.05, 4.69) is 10.3 Å². The van der Waals surface area contributed by atoms with Crippen LogP contribution in [0.5, 0.6) is 0 Å². The first-order valence-electron chi connectivity index (χ1n) is 9.82. The van der Waals surface area contributed by atoms with Crippen LogP contribution in [0.25, 0.3) is 5.69 Å². The van der Waals surface area contributed by atoms with Crippen LogP contribution in [-0.4, -0.2) is 36.2 Å². The number of sulfonamides is 1. The summed E-state index contributed by atoms with van der Waals surface area (Å²) in [6.45, 7) is 3.98. The molecule has 0 bridgehead atoms. The van der Waals surface area contributed by atoms with Crippen molar-refractivity contribution in [2.24, 2.45) is 0 Å². The number of nitrogens with zero attached hydrogens (tertiary/aromatic N) is 3. The SMILES string of the molecule is CC[C@@H](C(=O)NCc1ccc(-n2ccnc2C)cc1)N(c1cccc(Cl)c1)S(C)(=O)=O. The molecule has 1 amide bonds. The van der Waals surface area contributed by atoms with Gasteiger partial charge in [-0.05, 0) is 49.2 Å². The lowest BCUT2D eigenvalue weighted by Crippen LogP contribution is -2.49. The van der Waals surface area contributed by atoms with E-state index in [0.29, 0.717) is 17.1 Å². The number of aryl methyl sites for hydroxylation is 1. The molecule has 0 aliphatic carbocycles. The third-order valence-corrected chi connectivity index (χ3v) is 6.31. The number of hydrogen-bond acceptors (Lipinski definition) is 4. The number of amides is 1. The van der Waals surface area contributed by atoms with E-state index in [1.807, 2.05) is 42.0 Å². The number of hydrogen-bond donors (Lipinski definition) is 1. The Morgan fingerprint density at radius 2 is 1.94 bits per heavy atom. The molecule has 0 radical (unpaired) electrons. The van der Waals surface area contributed by atoms with Crippen molar-refractivity contribution in [2.75, 3.05) is 10.6 Å². The zero-order valence-electron chi connectivity index (χ0n) is 17.6.